The third-order valence-corrected chi connectivity index (χ3v) is 5.57. The number of aromatic nitrogens is 5. The summed E-state index contributed by atoms with van der Waals surface area (Å²) in [6, 6.07) is 11.8. The molecule has 0 bridgehead atoms. The molecule has 1 N–H and O–H groups in total. The lowest BCUT2D eigenvalue weighted by Gasteiger charge is -2.32. The number of aromatic amines is 1. The maximum absolute atomic E-state index is 13.2. The molecule has 4 aromatic rings. The van der Waals surface area contributed by atoms with E-state index in [-0.39, 0.29) is 11.8 Å². The smallest absolute Gasteiger partial charge is 0.275 e. The summed E-state index contributed by atoms with van der Waals surface area (Å²) >= 11 is 0. The van der Waals surface area contributed by atoms with Crippen molar-refractivity contribution in [3.05, 3.63) is 78.3 Å². The molecule has 1 fully saturated rings. The molecule has 1 aromatic carbocycles. The average Bonchev–Trinajstić information content (AvgIpc) is 3.41. The summed E-state index contributed by atoms with van der Waals surface area (Å²) < 4.78 is 2.17. The SMILES string of the molecule is O=C(c1n[nH]c2ccccc12)N1CCC[C@@H](c2nccn2Cc2cccnc2)C1. The van der Waals surface area contributed by atoms with Crippen LogP contribution < -0.4 is 0 Å². The van der Waals surface area contributed by atoms with Crippen molar-refractivity contribution in [3.8, 4) is 0 Å². The lowest BCUT2D eigenvalue weighted by molar-refractivity contribution is 0.0699. The van der Waals surface area contributed by atoms with E-state index in [0.29, 0.717) is 12.2 Å². The molecule has 1 atom stereocenters. The van der Waals surface area contributed by atoms with E-state index >= 15 is 0 Å². The molecule has 3 aromatic heterocycles. The second kappa shape index (κ2) is 7.50. The molecule has 0 radical (unpaired) electrons. The fourth-order valence-electron chi connectivity index (χ4n) is 4.15. The van der Waals surface area contributed by atoms with Gasteiger partial charge in [-0.05, 0) is 30.5 Å². The van der Waals surface area contributed by atoms with E-state index in [9.17, 15) is 4.79 Å². The number of imidazole rings is 1. The van der Waals surface area contributed by atoms with E-state index in [1.807, 2.05) is 53.8 Å². The van der Waals surface area contributed by atoms with Crippen LogP contribution in [-0.4, -0.2) is 48.6 Å². The molecule has 0 saturated carbocycles. The van der Waals surface area contributed by atoms with Crippen molar-refractivity contribution in [2.75, 3.05) is 13.1 Å². The first-order chi connectivity index (χ1) is 14.3. The van der Waals surface area contributed by atoms with Gasteiger partial charge in [-0.2, -0.15) is 5.10 Å². The van der Waals surface area contributed by atoms with Gasteiger partial charge in [0, 0.05) is 49.2 Å². The van der Waals surface area contributed by atoms with Gasteiger partial charge in [-0.3, -0.25) is 14.9 Å². The molecule has 7 heteroatoms. The number of fused-ring (bicyclic) bond motifs is 1. The van der Waals surface area contributed by atoms with Gasteiger partial charge < -0.3 is 9.47 Å². The van der Waals surface area contributed by atoms with Crippen LogP contribution in [0.1, 0.15) is 40.6 Å². The van der Waals surface area contributed by atoms with Crippen LogP contribution in [0, 0.1) is 0 Å². The summed E-state index contributed by atoms with van der Waals surface area (Å²) in [5, 5.41) is 8.12. The summed E-state index contributed by atoms with van der Waals surface area (Å²) in [4.78, 5) is 23.9. The number of hydrogen-bond acceptors (Lipinski definition) is 4. The lowest BCUT2D eigenvalue weighted by atomic mass is 9.96. The standard InChI is InChI=1S/C22H22N6O/c29-22(20-18-7-1-2-8-19(18)25-26-20)28-11-4-6-17(15-28)21-24-10-12-27(21)14-16-5-3-9-23-13-16/h1-3,5,7-10,12-13,17H,4,6,11,14-15H2,(H,25,26)/t17-/m1/s1. The van der Waals surface area contributed by atoms with E-state index in [1.54, 1.807) is 6.20 Å². The highest BCUT2D eigenvalue weighted by Gasteiger charge is 2.29. The summed E-state index contributed by atoms with van der Waals surface area (Å²) in [5.41, 5.74) is 2.52. The minimum absolute atomic E-state index is 0.0162. The van der Waals surface area contributed by atoms with Crippen LogP contribution in [0.15, 0.2) is 61.2 Å². The van der Waals surface area contributed by atoms with Crippen molar-refractivity contribution in [1.82, 2.24) is 29.6 Å². The number of benzene rings is 1. The molecule has 29 heavy (non-hydrogen) atoms. The normalized spacial score (nSPS) is 17.0. The molecule has 1 amide bonds. The number of rotatable bonds is 4. The summed E-state index contributed by atoms with van der Waals surface area (Å²) in [6.07, 6.45) is 9.48. The number of carbonyl (C=O) groups is 1. The fraction of sp³-hybridized carbons (Fsp3) is 0.273. The van der Waals surface area contributed by atoms with Crippen LogP contribution in [0.5, 0.6) is 0 Å². The fourth-order valence-corrected chi connectivity index (χ4v) is 4.15. The minimum atomic E-state index is -0.0162. The van der Waals surface area contributed by atoms with E-state index < -0.39 is 0 Å². The number of pyridine rings is 1. The number of H-pyrrole nitrogens is 1. The van der Waals surface area contributed by atoms with Gasteiger partial charge in [-0.1, -0.05) is 24.3 Å². The first-order valence-electron chi connectivity index (χ1n) is 9.92. The topological polar surface area (TPSA) is 79.7 Å². The Balaban J connectivity index is 1.36. The van der Waals surface area contributed by atoms with Crippen molar-refractivity contribution < 1.29 is 4.79 Å². The quantitative estimate of drug-likeness (QED) is 0.584. The Morgan fingerprint density at radius 2 is 2.10 bits per heavy atom. The maximum Gasteiger partial charge on any atom is 0.275 e. The number of likely N-dealkylation sites (tertiary alicyclic amines) is 1. The van der Waals surface area contributed by atoms with Crippen molar-refractivity contribution in [2.45, 2.75) is 25.3 Å². The molecule has 0 spiro atoms. The van der Waals surface area contributed by atoms with Gasteiger partial charge in [0.15, 0.2) is 5.69 Å². The Labute approximate surface area is 168 Å². The lowest BCUT2D eigenvalue weighted by Crippen LogP contribution is -2.40. The van der Waals surface area contributed by atoms with Gasteiger partial charge in [0.2, 0.25) is 0 Å². The number of para-hydroxylation sites is 1. The molecule has 5 rings (SSSR count). The molecule has 1 aliphatic heterocycles. The van der Waals surface area contributed by atoms with Crippen LogP contribution in [-0.2, 0) is 6.54 Å². The zero-order valence-corrected chi connectivity index (χ0v) is 16.0. The zero-order valence-electron chi connectivity index (χ0n) is 16.0. The Morgan fingerprint density at radius 1 is 1.17 bits per heavy atom. The van der Waals surface area contributed by atoms with Crippen molar-refractivity contribution >= 4 is 16.8 Å². The van der Waals surface area contributed by atoms with Crippen LogP contribution >= 0.6 is 0 Å². The van der Waals surface area contributed by atoms with E-state index in [2.05, 4.69) is 30.8 Å². The number of amides is 1. The van der Waals surface area contributed by atoms with Crippen LogP contribution in [0.4, 0.5) is 0 Å². The molecular formula is C22H22N6O. The van der Waals surface area contributed by atoms with Crippen molar-refractivity contribution in [2.24, 2.45) is 0 Å². The third-order valence-electron chi connectivity index (χ3n) is 5.57. The molecule has 1 saturated heterocycles. The molecule has 0 unspecified atom stereocenters. The minimum Gasteiger partial charge on any atom is -0.337 e. The first-order valence-corrected chi connectivity index (χ1v) is 9.92. The van der Waals surface area contributed by atoms with Gasteiger partial charge in [-0.15, -0.1) is 0 Å². The van der Waals surface area contributed by atoms with Gasteiger partial charge in [0.1, 0.15) is 5.82 Å². The van der Waals surface area contributed by atoms with Crippen molar-refractivity contribution in [1.29, 1.82) is 0 Å². The summed E-state index contributed by atoms with van der Waals surface area (Å²) in [5.74, 6) is 1.22. The molecule has 1 aliphatic rings. The largest absolute Gasteiger partial charge is 0.337 e. The number of carbonyl (C=O) groups excluding carboxylic acids is 1. The number of piperidine rings is 1. The molecule has 7 nitrogen and oxygen atoms in total. The Kier molecular flexibility index (Phi) is 4.56. The second-order valence-corrected chi connectivity index (χ2v) is 7.48. The summed E-state index contributed by atoms with van der Waals surface area (Å²) in [6.45, 7) is 2.14. The Bertz CT molecular complexity index is 1130. The predicted molar refractivity (Wildman–Crippen MR) is 110 cm³/mol. The first kappa shape index (κ1) is 17.6. The van der Waals surface area contributed by atoms with E-state index in [0.717, 1.165) is 48.2 Å². The van der Waals surface area contributed by atoms with Gasteiger partial charge >= 0.3 is 0 Å². The van der Waals surface area contributed by atoms with Crippen LogP contribution in [0.25, 0.3) is 10.9 Å². The Morgan fingerprint density at radius 3 is 3.00 bits per heavy atom. The monoisotopic (exact) mass is 386 g/mol. The molecule has 4 heterocycles. The van der Waals surface area contributed by atoms with Crippen LogP contribution in [0.2, 0.25) is 0 Å². The second-order valence-electron chi connectivity index (χ2n) is 7.48. The average molecular weight is 386 g/mol. The van der Waals surface area contributed by atoms with Crippen LogP contribution in [0.3, 0.4) is 0 Å². The van der Waals surface area contributed by atoms with Gasteiger partial charge in [0.05, 0.1) is 12.1 Å². The van der Waals surface area contributed by atoms with Crippen molar-refractivity contribution in [3.63, 3.8) is 0 Å². The molecular weight excluding hydrogens is 364 g/mol. The highest BCUT2D eigenvalue weighted by molar-refractivity contribution is 6.04. The van der Waals surface area contributed by atoms with Gasteiger partial charge in [0.25, 0.3) is 5.91 Å². The maximum atomic E-state index is 13.2. The van der Waals surface area contributed by atoms with Gasteiger partial charge in [-0.25, -0.2) is 4.98 Å². The zero-order chi connectivity index (χ0) is 19.6. The molecule has 146 valence electrons. The highest BCUT2D eigenvalue weighted by atomic mass is 16.2. The molecule has 0 aliphatic carbocycles. The van der Waals surface area contributed by atoms with E-state index in [4.69, 9.17) is 0 Å². The predicted octanol–water partition coefficient (Wildman–Crippen LogP) is 3.22. The third kappa shape index (κ3) is 3.40. The number of hydrogen-bond donors (Lipinski definition) is 1. The number of nitrogens with one attached hydrogen (secondary N) is 1. The van der Waals surface area contributed by atoms with E-state index in [1.165, 1.54) is 0 Å². The Hall–Kier alpha value is -3.48. The highest BCUT2D eigenvalue weighted by Crippen LogP contribution is 2.28. The number of nitrogens with zero attached hydrogens (tertiary/aromatic N) is 5. The summed E-state index contributed by atoms with van der Waals surface area (Å²) in [7, 11) is 0.